The normalized spacial score (nSPS) is 17.6. The molecule has 0 saturated heterocycles. The first-order chi connectivity index (χ1) is 9.79. The topological polar surface area (TPSA) is 50.7 Å². The third-order valence-electron chi connectivity index (χ3n) is 2.97. The molecule has 5 heteroatoms. The van der Waals surface area contributed by atoms with E-state index in [-0.39, 0.29) is 5.97 Å². The number of benzene rings is 1. The molecule has 0 aromatic heterocycles. The Hall–Kier alpha value is -1.49. The van der Waals surface area contributed by atoms with Crippen molar-refractivity contribution in [1.29, 1.82) is 0 Å². The van der Waals surface area contributed by atoms with Crippen LogP contribution in [0.15, 0.2) is 35.3 Å². The second kappa shape index (κ2) is 7.94. The number of ether oxygens (including phenoxy) is 1. The van der Waals surface area contributed by atoms with Gasteiger partial charge in [-0.2, -0.15) is 0 Å². The monoisotopic (exact) mass is 292 g/mol. The molecule has 0 spiro atoms. The van der Waals surface area contributed by atoms with Crippen molar-refractivity contribution in [3.05, 3.63) is 35.9 Å². The maximum atomic E-state index is 11.2. The Morgan fingerprint density at radius 1 is 1.45 bits per heavy atom. The third-order valence-corrected chi connectivity index (χ3v) is 4.17. The van der Waals surface area contributed by atoms with Crippen molar-refractivity contribution < 1.29 is 9.53 Å². The van der Waals surface area contributed by atoms with Gasteiger partial charge in [-0.25, -0.2) is 0 Å². The predicted octanol–water partition coefficient (Wildman–Crippen LogP) is 2.76. The smallest absolute Gasteiger partial charge is 0.305 e. The van der Waals surface area contributed by atoms with Crippen LogP contribution in [0.3, 0.4) is 0 Å². The quantitative estimate of drug-likeness (QED) is 0.647. The molecule has 0 fully saturated rings. The molecule has 2 rings (SSSR count). The average Bonchev–Trinajstić information content (AvgIpc) is 2.94. The van der Waals surface area contributed by atoms with Crippen LogP contribution in [0.2, 0.25) is 0 Å². The Kier molecular flexibility index (Phi) is 5.92. The van der Waals surface area contributed by atoms with Crippen LogP contribution in [0.4, 0.5) is 0 Å². The summed E-state index contributed by atoms with van der Waals surface area (Å²) >= 11 is 1.76. The van der Waals surface area contributed by atoms with Crippen LogP contribution in [-0.4, -0.2) is 30.8 Å². The fraction of sp³-hybridized carbons (Fsp3) is 0.467. The minimum Gasteiger partial charge on any atom is -0.466 e. The largest absolute Gasteiger partial charge is 0.466 e. The number of rotatable bonds is 6. The molecule has 1 aliphatic heterocycles. The number of carbonyl (C=O) groups is 1. The van der Waals surface area contributed by atoms with Gasteiger partial charge in [0, 0.05) is 13.0 Å². The molecule has 0 saturated carbocycles. The molecule has 0 bridgehead atoms. The summed E-state index contributed by atoms with van der Waals surface area (Å²) in [6.45, 7) is 3.85. The first-order valence-electron chi connectivity index (χ1n) is 6.95. The molecular weight excluding hydrogens is 272 g/mol. The summed E-state index contributed by atoms with van der Waals surface area (Å²) in [6, 6.07) is 10.4. The zero-order valence-electron chi connectivity index (χ0n) is 11.7. The van der Waals surface area contributed by atoms with Crippen molar-refractivity contribution in [2.24, 2.45) is 4.99 Å². The molecule has 20 heavy (non-hydrogen) atoms. The van der Waals surface area contributed by atoms with Gasteiger partial charge in [0.15, 0.2) is 5.17 Å². The van der Waals surface area contributed by atoms with Gasteiger partial charge >= 0.3 is 5.97 Å². The summed E-state index contributed by atoms with van der Waals surface area (Å²) in [6.07, 6.45) is 1.23. The summed E-state index contributed by atoms with van der Waals surface area (Å²) in [5.41, 5.74) is 1.31. The van der Waals surface area contributed by atoms with E-state index in [1.165, 1.54) is 5.56 Å². The van der Waals surface area contributed by atoms with E-state index in [1.54, 1.807) is 11.8 Å². The highest BCUT2D eigenvalue weighted by atomic mass is 32.2. The van der Waals surface area contributed by atoms with Crippen LogP contribution in [-0.2, 0) is 9.53 Å². The Morgan fingerprint density at radius 2 is 2.25 bits per heavy atom. The van der Waals surface area contributed by atoms with Gasteiger partial charge in [0.05, 0.1) is 18.4 Å². The number of esters is 1. The van der Waals surface area contributed by atoms with Gasteiger partial charge in [-0.3, -0.25) is 9.79 Å². The molecule has 0 radical (unpaired) electrons. The highest BCUT2D eigenvalue weighted by Gasteiger charge is 2.20. The molecule has 1 aliphatic rings. The van der Waals surface area contributed by atoms with Gasteiger partial charge < -0.3 is 10.1 Å². The first kappa shape index (κ1) is 14.9. The molecule has 108 valence electrons. The lowest BCUT2D eigenvalue weighted by atomic mass is 10.1. The molecule has 0 aliphatic carbocycles. The second-order valence-electron chi connectivity index (χ2n) is 4.50. The molecule has 1 unspecified atom stereocenters. The molecule has 1 atom stereocenters. The number of carbonyl (C=O) groups excluding carboxylic acids is 1. The lowest BCUT2D eigenvalue weighted by molar-refractivity contribution is -0.143. The lowest BCUT2D eigenvalue weighted by Crippen LogP contribution is -2.21. The fourth-order valence-electron chi connectivity index (χ4n) is 1.98. The zero-order valence-corrected chi connectivity index (χ0v) is 12.5. The van der Waals surface area contributed by atoms with E-state index in [4.69, 9.17) is 4.74 Å². The lowest BCUT2D eigenvalue weighted by Gasteiger charge is -2.09. The first-order valence-corrected chi connectivity index (χ1v) is 7.83. The van der Waals surface area contributed by atoms with Crippen LogP contribution in [0.25, 0.3) is 0 Å². The molecule has 4 nitrogen and oxygen atoms in total. The van der Waals surface area contributed by atoms with Crippen LogP contribution >= 0.6 is 11.8 Å². The molecule has 1 aromatic carbocycles. The summed E-state index contributed by atoms with van der Waals surface area (Å²) in [5, 5.41) is 4.66. The van der Waals surface area contributed by atoms with Crippen molar-refractivity contribution in [3.8, 4) is 0 Å². The number of nitrogens with zero attached hydrogens (tertiary/aromatic N) is 1. The van der Waals surface area contributed by atoms with Gasteiger partial charge in [0.25, 0.3) is 0 Å². The highest BCUT2D eigenvalue weighted by molar-refractivity contribution is 8.14. The van der Waals surface area contributed by atoms with Gasteiger partial charge in [0.2, 0.25) is 0 Å². The summed E-state index contributed by atoms with van der Waals surface area (Å²) in [5.74, 6) is -0.127. The van der Waals surface area contributed by atoms with E-state index in [1.807, 2.05) is 13.0 Å². The SMILES string of the molecule is CCOC(=O)CCCNC1=NCC(c2ccccc2)S1. The average molecular weight is 292 g/mol. The highest BCUT2D eigenvalue weighted by Crippen LogP contribution is 2.33. The van der Waals surface area contributed by atoms with Gasteiger partial charge in [0.1, 0.15) is 0 Å². The van der Waals surface area contributed by atoms with Crippen LogP contribution < -0.4 is 5.32 Å². The Morgan fingerprint density at radius 3 is 3.00 bits per heavy atom. The maximum absolute atomic E-state index is 11.2. The maximum Gasteiger partial charge on any atom is 0.305 e. The van der Waals surface area contributed by atoms with Crippen molar-refractivity contribution in [2.45, 2.75) is 25.0 Å². The van der Waals surface area contributed by atoms with E-state index in [0.29, 0.717) is 18.3 Å². The van der Waals surface area contributed by atoms with E-state index >= 15 is 0 Å². The number of amidine groups is 1. The van der Waals surface area contributed by atoms with E-state index in [2.05, 4.69) is 34.6 Å². The third kappa shape index (κ3) is 4.56. The van der Waals surface area contributed by atoms with Gasteiger partial charge in [-0.15, -0.1) is 0 Å². The van der Waals surface area contributed by atoms with Crippen molar-refractivity contribution >= 4 is 22.9 Å². The Labute approximate surface area is 124 Å². The fourth-order valence-corrected chi connectivity index (χ4v) is 3.02. The molecular formula is C15H20N2O2S. The van der Waals surface area contributed by atoms with Crippen molar-refractivity contribution in [3.63, 3.8) is 0 Å². The Bertz CT molecular complexity index is 462. The summed E-state index contributed by atoms with van der Waals surface area (Å²) in [7, 11) is 0. The number of hydrogen-bond donors (Lipinski definition) is 1. The molecule has 1 aromatic rings. The van der Waals surface area contributed by atoms with Crippen molar-refractivity contribution in [1.82, 2.24) is 5.32 Å². The summed E-state index contributed by atoms with van der Waals surface area (Å²) < 4.78 is 4.89. The van der Waals surface area contributed by atoms with E-state index in [9.17, 15) is 4.79 Å². The van der Waals surface area contributed by atoms with Crippen molar-refractivity contribution in [2.75, 3.05) is 19.7 Å². The molecule has 1 N–H and O–H groups in total. The van der Waals surface area contributed by atoms with Gasteiger partial charge in [-0.1, -0.05) is 42.1 Å². The van der Waals surface area contributed by atoms with Gasteiger partial charge in [-0.05, 0) is 18.9 Å². The zero-order chi connectivity index (χ0) is 14.2. The minimum atomic E-state index is -0.127. The van der Waals surface area contributed by atoms with Crippen LogP contribution in [0.1, 0.15) is 30.6 Å². The second-order valence-corrected chi connectivity index (χ2v) is 5.69. The Balaban J connectivity index is 1.65. The number of aliphatic imine (C=N–C) groups is 1. The van der Waals surface area contributed by atoms with Crippen LogP contribution in [0.5, 0.6) is 0 Å². The minimum absolute atomic E-state index is 0.127. The van der Waals surface area contributed by atoms with Crippen LogP contribution in [0, 0.1) is 0 Å². The number of nitrogens with one attached hydrogen (secondary N) is 1. The predicted molar refractivity (Wildman–Crippen MR) is 82.9 cm³/mol. The molecule has 0 amide bonds. The molecule has 1 heterocycles. The van der Waals surface area contributed by atoms with E-state index in [0.717, 1.165) is 24.7 Å². The van der Waals surface area contributed by atoms with E-state index < -0.39 is 0 Å². The standard InChI is InChI=1S/C15H20N2O2S/c1-2-19-14(18)9-6-10-16-15-17-11-13(20-15)12-7-4-3-5-8-12/h3-5,7-8,13H,2,6,9-11H2,1H3,(H,16,17). The number of hydrogen-bond acceptors (Lipinski definition) is 5. The number of thioether (sulfide) groups is 1. The summed E-state index contributed by atoms with van der Waals surface area (Å²) in [4.78, 5) is 15.7.